The molecule has 3 aromatic carbocycles. The van der Waals surface area contributed by atoms with Crippen molar-refractivity contribution in [3.63, 3.8) is 0 Å². The van der Waals surface area contributed by atoms with Gasteiger partial charge in [-0.15, -0.1) is 0 Å². The largest absolute Gasteiger partial charge is 0.493 e. The Morgan fingerprint density at radius 2 is 1.79 bits per heavy atom. The Bertz CT molecular complexity index is 1240. The van der Waals surface area contributed by atoms with Crippen LogP contribution in [0, 0.1) is 5.82 Å². The van der Waals surface area contributed by atoms with Crippen LogP contribution in [-0.2, 0) is 16.0 Å². The van der Waals surface area contributed by atoms with Crippen molar-refractivity contribution in [2.75, 3.05) is 20.3 Å². The van der Waals surface area contributed by atoms with Gasteiger partial charge in [-0.2, -0.15) is 0 Å². The molecule has 6 heteroatoms. The lowest BCUT2D eigenvalue weighted by molar-refractivity contribution is -0.753. The molecule has 0 fully saturated rings. The highest BCUT2D eigenvalue weighted by Gasteiger charge is 2.40. The highest BCUT2D eigenvalue weighted by Crippen LogP contribution is 2.39. The fraction of sp³-hybridized carbons (Fsp3) is 0.185. The Kier molecular flexibility index (Phi) is 6.54. The van der Waals surface area contributed by atoms with Crippen molar-refractivity contribution in [2.45, 2.75) is 13.3 Å². The van der Waals surface area contributed by atoms with Gasteiger partial charge < -0.3 is 9.47 Å². The molecule has 0 saturated carbocycles. The summed E-state index contributed by atoms with van der Waals surface area (Å²) < 4.78 is 25.6. The molecule has 0 saturated heterocycles. The number of carbonyl (C=O) groups is 1. The maximum Gasteiger partial charge on any atom is 0.345 e. The number of hydrogen-bond acceptors (Lipinski definition) is 4. The lowest BCUT2D eigenvalue weighted by atomic mass is 9.97. The van der Waals surface area contributed by atoms with Gasteiger partial charge >= 0.3 is 5.97 Å². The number of benzene rings is 3. The summed E-state index contributed by atoms with van der Waals surface area (Å²) >= 11 is 0. The second kappa shape index (κ2) is 9.69. The van der Waals surface area contributed by atoms with Gasteiger partial charge in [-0.1, -0.05) is 42.5 Å². The lowest BCUT2D eigenvalue weighted by Gasteiger charge is -2.09. The molecule has 0 atom stereocenters. The quantitative estimate of drug-likeness (QED) is 0.249. The summed E-state index contributed by atoms with van der Waals surface area (Å²) in [6.45, 7) is 2.32. The van der Waals surface area contributed by atoms with E-state index in [9.17, 15) is 14.4 Å². The predicted molar refractivity (Wildman–Crippen MR) is 123 cm³/mol. The van der Waals surface area contributed by atoms with Gasteiger partial charge in [-0.25, -0.2) is 9.18 Å². The molecular formula is C27H25FNO4+. The van der Waals surface area contributed by atoms with E-state index < -0.39 is 5.97 Å². The third-order valence-corrected chi connectivity index (χ3v) is 5.42. The molecule has 1 aliphatic rings. The maximum atomic E-state index is 13.4. The molecule has 1 N–H and O–H groups in total. The average Bonchev–Trinajstić information content (AvgIpc) is 3.15. The molecule has 0 aromatic heterocycles. The molecule has 0 unspecified atom stereocenters. The minimum Gasteiger partial charge on any atom is -0.493 e. The molecule has 33 heavy (non-hydrogen) atoms. The van der Waals surface area contributed by atoms with Gasteiger partial charge in [0.15, 0.2) is 7.05 Å². The van der Waals surface area contributed by atoms with Gasteiger partial charge in [-0.05, 0) is 58.7 Å². The van der Waals surface area contributed by atoms with E-state index in [0.29, 0.717) is 41.2 Å². The number of esters is 1. The van der Waals surface area contributed by atoms with Crippen molar-refractivity contribution in [3.05, 3.63) is 106 Å². The Morgan fingerprint density at radius 1 is 1.00 bits per heavy atom. The van der Waals surface area contributed by atoms with Gasteiger partial charge in [0.05, 0.1) is 18.8 Å². The Labute approximate surface area is 192 Å². The topological polar surface area (TPSA) is 58.8 Å². The highest BCUT2D eigenvalue weighted by molar-refractivity contribution is 6.35. The molecule has 3 aromatic rings. The first-order chi connectivity index (χ1) is 16.0. The van der Waals surface area contributed by atoms with Crippen LogP contribution in [0.2, 0.25) is 0 Å². The summed E-state index contributed by atoms with van der Waals surface area (Å²) in [4.78, 5) is 13.0. The van der Waals surface area contributed by atoms with E-state index in [1.54, 1.807) is 19.1 Å². The van der Waals surface area contributed by atoms with Gasteiger partial charge in [0.1, 0.15) is 17.1 Å². The second-order valence-corrected chi connectivity index (χ2v) is 7.64. The van der Waals surface area contributed by atoms with Crippen LogP contribution in [0.1, 0.15) is 29.2 Å². The van der Waals surface area contributed by atoms with E-state index in [1.165, 1.54) is 19.2 Å². The molecule has 0 heterocycles. The number of hydroxylamine groups is 1. The first-order valence-corrected chi connectivity index (χ1v) is 10.8. The Hall–Kier alpha value is -3.93. The Balaban J connectivity index is 1.70. The molecule has 5 nitrogen and oxygen atoms in total. The van der Waals surface area contributed by atoms with Gasteiger partial charge in [-0.3, -0.25) is 5.21 Å². The van der Waals surface area contributed by atoms with Crippen LogP contribution >= 0.6 is 0 Å². The number of carbonyl (C=O) groups excluding carboxylic acids is 1. The summed E-state index contributed by atoms with van der Waals surface area (Å²) in [6, 6.07) is 21.5. The SMILES string of the molecule is CCOC(=O)C1=C(c2ccccc2)c2ccc(OCCc3cccc(F)c3)cc2C1=[N+](C)O. The van der Waals surface area contributed by atoms with Gasteiger partial charge in [0.25, 0.3) is 5.71 Å². The zero-order valence-electron chi connectivity index (χ0n) is 18.5. The minimum absolute atomic E-state index is 0.220. The van der Waals surface area contributed by atoms with Gasteiger partial charge in [0, 0.05) is 12.0 Å². The predicted octanol–water partition coefficient (Wildman–Crippen LogP) is 4.65. The third-order valence-electron chi connectivity index (χ3n) is 5.42. The standard InChI is InChI=1S/C27H25FNO4/c1-3-32-27(30)25-24(19-9-5-4-6-10-19)22-13-12-21(17-23(22)26(25)29(2)31)33-15-14-18-8-7-11-20(28)16-18/h4-13,16-17,31H,3,14-15H2,1-2H3/q+1. The van der Waals surface area contributed by atoms with E-state index in [-0.39, 0.29) is 12.4 Å². The highest BCUT2D eigenvalue weighted by atomic mass is 19.1. The average molecular weight is 446 g/mol. The summed E-state index contributed by atoms with van der Waals surface area (Å²) in [5, 5.41) is 10.5. The normalized spacial score (nSPS) is 14.2. The molecule has 168 valence electrons. The monoisotopic (exact) mass is 446 g/mol. The lowest BCUT2D eigenvalue weighted by Crippen LogP contribution is -2.22. The number of nitrogens with zero attached hydrogens (tertiary/aromatic N) is 1. The summed E-state index contributed by atoms with van der Waals surface area (Å²) in [5.41, 5.74) is 4.53. The van der Waals surface area contributed by atoms with Crippen molar-refractivity contribution in [1.82, 2.24) is 0 Å². The van der Waals surface area contributed by atoms with E-state index in [2.05, 4.69) is 0 Å². The number of ether oxygens (including phenoxy) is 2. The van der Waals surface area contributed by atoms with Crippen molar-refractivity contribution >= 4 is 17.3 Å². The van der Waals surface area contributed by atoms with E-state index in [0.717, 1.165) is 21.4 Å². The zero-order valence-corrected chi connectivity index (χ0v) is 18.5. The van der Waals surface area contributed by atoms with Crippen LogP contribution in [0.15, 0.2) is 78.4 Å². The second-order valence-electron chi connectivity index (χ2n) is 7.64. The number of hydrogen-bond donors (Lipinski definition) is 1. The van der Waals surface area contributed by atoms with Crippen LogP contribution in [0.4, 0.5) is 4.39 Å². The van der Waals surface area contributed by atoms with Crippen molar-refractivity contribution in [2.24, 2.45) is 0 Å². The maximum absolute atomic E-state index is 13.4. The van der Waals surface area contributed by atoms with Gasteiger partial charge in [0.2, 0.25) is 0 Å². The molecular weight excluding hydrogens is 421 g/mol. The third kappa shape index (κ3) is 4.65. The molecule has 0 amide bonds. The van der Waals surface area contributed by atoms with Crippen molar-refractivity contribution < 1.29 is 28.6 Å². The molecule has 0 radical (unpaired) electrons. The number of halogens is 1. The fourth-order valence-electron chi connectivity index (χ4n) is 4.04. The number of fused-ring (bicyclic) bond motifs is 1. The number of rotatable bonds is 7. The summed E-state index contributed by atoms with van der Waals surface area (Å²) in [6.07, 6.45) is 0.549. The van der Waals surface area contributed by atoms with E-state index in [4.69, 9.17) is 9.47 Å². The first-order valence-electron chi connectivity index (χ1n) is 10.8. The Morgan fingerprint density at radius 3 is 2.48 bits per heavy atom. The summed E-state index contributed by atoms with van der Waals surface area (Å²) in [7, 11) is 1.48. The van der Waals surface area contributed by atoms with E-state index >= 15 is 0 Å². The molecule has 0 aliphatic heterocycles. The van der Waals surface area contributed by atoms with Crippen LogP contribution < -0.4 is 4.74 Å². The first kappa shape index (κ1) is 22.3. The van der Waals surface area contributed by atoms with Crippen molar-refractivity contribution in [3.8, 4) is 5.75 Å². The minimum atomic E-state index is -0.503. The molecule has 1 aliphatic carbocycles. The molecule has 0 bridgehead atoms. The summed E-state index contributed by atoms with van der Waals surface area (Å²) in [5.74, 6) is -0.194. The zero-order chi connectivity index (χ0) is 23.4. The smallest absolute Gasteiger partial charge is 0.345 e. The molecule has 4 rings (SSSR count). The van der Waals surface area contributed by atoms with E-state index in [1.807, 2.05) is 48.5 Å². The van der Waals surface area contributed by atoms with Crippen LogP contribution in [-0.4, -0.2) is 41.9 Å². The van der Waals surface area contributed by atoms with Crippen LogP contribution in [0.5, 0.6) is 5.75 Å². The molecule has 0 spiro atoms. The van der Waals surface area contributed by atoms with Crippen molar-refractivity contribution in [1.29, 1.82) is 0 Å². The van der Waals surface area contributed by atoms with Crippen LogP contribution in [0.3, 0.4) is 0 Å². The van der Waals surface area contributed by atoms with Crippen LogP contribution in [0.25, 0.3) is 5.57 Å². The fourth-order valence-corrected chi connectivity index (χ4v) is 4.04.